The molecule has 1 fully saturated rings. The lowest BCUT2D eigenvalue weighted by molar-refractivity contribution is 0.0507. The van der Waals surface area contributed by atoms with Crippen molar-refractivity contribution in [1.82, 2.24) is 25.1 Å². The topological polar surface area (TPSA) is 83.8 Å². The van der Waals surface area contributed by atoms with E-state index in [2.05, 4.69) is 51.7 Å². The number of carbonyl (C=O) groups is 1. The van der Waals surface area contributed by atoms with Gasteiger partial charge < -0.3 is 24.8 Å². The first kappa shape index (κ1) is 26.0. The molecule has 32 heavy (non-hydrogen) atoms. The van der Waals surface area contributed by atoms with E-state index in [1.54, 1.807) is 6.20 Å². The quantitative estimate of drug-likeness (QED) is 0.324. The van der Waals surface area contributed by atoms with Crippen LogP contribution in [-0.4, -0.2) is 57.8 Å². The number of nitrogens with zero attached hydrogens (tertiary/aromatic N) is 4. The number of rotatable bonds is 6. The maximum absolute atomic E-state index is 12.1. The molecule has 1 aromatic heterocycles. The Hall–Kier alpha value is -2.30. The Balaban J connectivity index is 0.00000363. The van der Waals surface area contributed by atoms with E-state index in [0.717, 1.165) is 44.1 Å². The van der Waals surface area contributed by atoms with Crippen LogP contribution in [0.15, 0.2) is 48.0 Å². The van der Waals surface area contributed by atoms with E-state index in [1.807, 2.05) is 37.9 Å². The van der Waals surface area contributed by atoms with Gasteiger partial charge in [0, 0.05) is 38.6 Å². The molecule has 1 unspecified atom stereocenters. The second-order valence-corrected chi connectivity index (χ2v) is 8.80. The largest absolute Gasteiger partial charge is 0.444 e. The zero-order valence-electron chi connectivity index (χ0n) is 19.4. The molecule has 8 nitrogen and oxygen atoms in total. The second-order valence-electron chi connectivity index (χ2n) is 8.80. The molecule has 1 amide bonds. The third kappa shape index (κ3) is 8.33. The van der Waals surface area contributed by atoms with Crippen LogP contribution in [0, 0.1) is 0 Å². The van der Waals surface area contributed by atoms with Gasteiger partial charge in [0.25, 0.3) is 0 Å². The summed E-state index contributed by atoms with van der Waals surface area (Å²) in [7, 11) is 0. The minimum Gasteiger partial charge on any atom is -0.444 e. The molecule has 0 saturated carbocycles. The molecule has 1 atom stereocenters. The fourth-order valence-corrected chi connectivity index (χ4v) is 3.48. The molecule has 0 aliphatic carbocycles. The number of carbonyl (C=O) groups excluding carboxylic acids is 1. The molecule has 1 aliphatic rings. The number of amides is 1. The highest BCUT2D eigenvalue weighted by Crippen LogP contribution is 2.13. The summed E-state index contributed by atoms with van der Waals surface area (Å²) in [6, 6.07) is 8.57. The normalized spacial score (nSPS) is 16.4. The summed E-state index contributed by atoms with van der Waals surface area (Å²) in [6.07, 6.45) is 6.07. The second kappa shape index (κ2) is 12.1. The van der Waals surface area contributed by atoms with Crippen molar-refractivity contribution in [2.75, 3.05) is 19.6 Å². The SMILES string of the molecule is CCNC(=NCc1ccc(Cn2ccnc2)cc1)N1CCC(NC(=O)OC(C)(C)C)C1.I. The molecular weight excluding hydrogens is 519 g/mol. The van der Waals surface area contributed by atoms with Gasteiger partial charge in [-0.1, -0.05) is 24.3 Å². The van der Waals surface area contributed by atoms with Crippen LogP contribution < -0.4 is 10.6 Å². The number of hydrogen-bond acceptors (Lipinski definition) is 4. The Morgan fingerprint density at radius 3 is 2.59 bits per heavy atom. The Morgan fingerprint density at radius 1 is 1.25 bits per heavy atom. The minimum atomic E-state index is -0.493. The zero-order chi connectivity index (χ0) is 22.3. The van der Waals surface area contributed by atoms with Gasteiger partial charge in [-0.25, -0.2) is 14.8 Å². The van der Waals surface area contributed by atoms with Crippen molar-refractivity contribution in [3.63, 3.8) is 0 Å². The number of halogens is 1. The van der Waals surface area contributed by atoms with Crippen molar-refractivity contribution in [3.05, 3.63) is 54.1 Å². The van der Waals surface area contributed by atoms with E-state index in [1.165, 1.54) is 5.56 Å². The molecule has 1 saturated heterocycles. The number of ether oxygens (including phenoxy) is 1. The monoisotopic (exact) mass is 554 g/mol. The summed E-state index contributed by atoms with van der Waals surface area (Å²) in [5.41, 5.74) is 1.90. The number of aliphatic imine (C=N–C) groups is 1. The maximum atomic E-state index is 12.1. The number of imidazole rings is 1. The molecule has 176 valence electrons. The third-order valence-electron chi connectivity index (χ3n) is 4.90. The van der Waals surface area contributed by atoms with E-state index in [9.17, 15) is 4.79 Å². The van der Waals surface area contributed by atoms with E-state index >= 15 is 0 Å². The highest BCUT2D eigenvalue weighted by Gasteiger charge is 2.27. The van der Waals surface area contributed by atoms with Crippen molar-refractivity contribution in [2.24, 2.45) is 4.99 Å². The van der Waals surface area contributed by atoms with Crippen molar-refractivity contribution in [3.8, 4) is 0 Å². The highest BCUT2D eigenvalue weighted by atomic mass is 127. The molecular formula is C23H35IN6O2. The summed E-state index contributed by atoms with van der Waals surface area (Å²) in [5.74, 6) is 0.874. The Morgan fingerprint density at radius 2 is 1.97 bits per heavy atom. The molecule has 0 spiro atoms. The van der Waals surface area contributed by atoms with Gasteiger partial charge in [0.2, 0.25) is 0 Å². The molecule has 0 radical (unpaired) electrons. The van der Waals surface area contributed by atoms with Crippen LogP contribution in [0.3, 0.4) is 0 Å². The molecule has 2 aromatic rings. The summed E-state index contributed by atoms with van der Waals surface area (Å²) in [5, 5.41) is 6.34. The van der Waals surface area contributed by atoms with Gasteiger partial charge >= 0.3 is 6.09 Å². The average Bonchev–Trinajstić information content (AvgIpc) is 3.37. The molecule has 2 heterocycles. The number of guanidine groups is 1. The van der Waals surface area contributed by atoms with Crippen molar-refractivity contribution in [2.45, 2.75) is 58.8 Å². The van der Waals surface area contributed by atoms with Crippen molar-refractivity contribution in [1.29, 1.82) is 0 Å². The Bertz CT molecular complexity index is 862. The highest BCUT2D eigenvalue weighted by molar-refractivity contribution is 14.0. The van der Waals surface area contributed by atoms with Gasteiger partial charge in [0.15, 0.2) is 5.96 Å². The number of alkyl carbamates (subject to hydrolysis) is 1. The standard InChI is InChI=1S/C23H34N6O2.HI/c1-5-25-21(29-12-10-20(16-29)27-22(30)31-23(2,3)4)26-14-18-6-8-19(9-7-18)15-28-13-11-24-17-28;/h6-9,11,13,17,20H,5,10,12,14-16H2,1-4H3,(H,25,26)(H,27,30);1H. The number of nitrogens with one attached hydrogen (secondary N) is 2. The van der Waals surface area contributed by atoms with Gasteiger partial charge in [0.05, 0.1) is 18.9 Å². The number of aromatic nitrogens is 2. The molecule has 1 aromatic carbocycles. The summed E-state index contributed by atoms with van der Waals surface area (Å²) >= 11 is 0. The molecule has 0 bridgehead atoms. The average molecular weight is 554 g/mol. The number of hydrogen-bond donors (Lipinski definition) is 2. The fraction of sp³-hybridized carbons (Fsp3) is 0.522. The molecule has 2 N–H and O–H groups in total. The number of likely N-dealkylation sites (tertiary alicyclic amines) is 1. The summed E-state index contributed by atoms with van der Waals surface area (Å²) in [4.78, 5) is 23.1. The predicted octanol–water partition coefficient (Wildman–Crippen LogP) is 3.61. The van der Waals surface area contributed by atoms with Crippen LogP contribution in [0.5, 0.6) is 0 Å². The van der Waals surface area contributed by atoms with Crippen LogP contribution in [0.4, 0.5) is 4.79 Å². The lowest BCUT2D eigenvalue weighted by Gasteiger charge is -2.23. The third-order valence-corrected chi connectivity index (χ3v) is 4.90. The van der Waals surface area contributed by atoms with Gasteiger partial charge in [-0.15, -0.1) is 24.0 Å². The molecule has 9 heteroatoms. The Labute approximate surface area is 207 Å². The van der Waals surface area contributed by atoms with Gasteiger partial charge in [-0.2, -0.15) is 0 Å². The van der Waals surface area contributed by atoms with Gasteiger partial charge in [-0.05, 0) is 45.2 Å². The van der Waals surface area contributed by atoms with Crippen LogP contribution in [0.25, 0.3) is 0 Å². The fourth-order valence-electron chi connectivity index (χ4n) is 3.48. The maximum Gasteiger partial charge on any atom is 0.407 e. The lowest BCUT2D eigenvalue weighted by Crippen LogP contribution is -2.44. The van der Waals surface area contributed by atoms with Crippen molar-refractivity contribution < 1.29 is 9.53 Å². The first-order valence-corrected chi connectivity index (χ1v) is 10.9. The number of benzene rings is 1. The van der Waals surface area contributed by atoms with Crippen LogP contribution in [-0.2, 0) is 17.8 Å². The van der Waals surface area contributed by atoms with E-state index in [0.29, 0.717) is 6.54 Å². The van der Waals surface area contributed by atoms with E-state index < -0.39 is 5.60 Å². The zero-order valence-corrected chi connectivity index (χ0v) is 21.7. The van der Waals surface area contributed by atoms with Crippen molar-refractivity contribution >= 4 is 36.0 Å². The molecule has 1 aliphatic heterocycles. The van der Waals surface area contributed by atoms with Crippen LogP contribution in [0.1, 0.15) is 45.2 Å². The van der Waals surface area contributed by atoms with Gasteiger partial charge in [-0.3, -0.25) is 0 Å². The lowest BCUT2D eigenvalue weighted by atomic mass is 10.1. The first-order valence-electron chi connectivity index (χ1n) is 10.9. The Kier molecular flexibility index (Phi) is 9.80. The van der Waals surface area contributed by atoms with Gasteiger partial charge in [0.1, 0.15) is 5.60 Å². The molecule has 3 rings (SSSR count). The predicted molar refractivity (Wildman–Crippen MR) is 137 cm³/mol. The summed E-state index contributed by atoms with van der Waals surface area (Å²) < 4.78 is 7.42. The van der Waals surface area contributed by atoms with E-state index in [4.69, 9.17) is 9.73 Å². The van der Waals surface area contributed by atoms with Crippen LogP contribution >= 0.6 is 24.0 Å². The van der Waals surface area contributed by atoms with Crippen LogP contribution in [0.2, 0.25) is 0 Å². The summed E-state index contributed by atoms with van der Waals surface area (Å²) in [6.45, 7) is 11.4. The first-order chi connectivity index (χ1) is 14.8. The smallest absolute Gasteiger partial charge is 0.407 e. The van der Waals surface area contributed by atoms with E-state index in [-0.39, 0.29) is 36.1 Å². The minimum absolute atomic E-state index is 0.